The molecular formula is C19H21NO6S. The minimum absolute atomic E-state index is 0.108. The van der Waals surface area contributed by atoms with Crippen molar-refractivity contribution in [2.24, 2.45) is 0 Å². The largest absolute Gasteiger partial charge is 0.497 e. The quantitative estimate of drug-likeness (QED) is 0.729. The van der Waals surface area contributed by atoms with Gasteiger partial charge < -0.3 is 19.5 Å². The Hall–Kier alpha value is -2.87. The molecule has 1 heterocycles. The fraction of sp³-hybridized carbons (Fsp3) is 0.316. The van der Waals surface area contributed by atoms with Gasteiger partial charge in [-0.15, -0.1) is 11.3 Å². The van der Waals surface area contributed by atoms with Crippen molar-refractivity contribution in [2.45, 2.75) is 20.3 Å². The third-order valence-electron chi connectivity index (χ3n) is 3.77. The predicted octanol–water partition coefficient (Wildman–Crippen LogP) is 3.21. The Morgan fingerprint density at radius 2 is 1.74 bits per heavy atom. The van der Waals surface area contributed by atoms with Gasteiger partial charge in [0.2, 0.25) is 5.91 Å². The van der Waals surface area contributed by atoms with Crippen molar-refractivity contribution in [2.75, 3.05) is 26.1 Å². The molecule has 0 bridgehead atoms. The van der Waals surface area contributed by atoms with Gasteiger partial charge in [0.05, 0.1) is 32.8 Å². The molecule has 0 aliphatic carbocycles. The lowest BCUT2D eigenvalue weighted by atomic mass is 10.1. The first kappa shape index (κ1) is 20.4. The van der Waals surface area contributed by atoms with Gasteiger partial charge in [-0.25, -0.2) is 9.59 Å². The van der Waals surface area contributed by atoms with Crippen LogP contribution >= 0.6 is 11.3 Å². The Morgan fingerprint density at radius 1 is 1.07 bits per heavy atom. The maximum absolute atomic E-state index is 12.4. The fourth-order valence-corrected chi connectivity index (χ4v) is 3.57. The molecule has 0 atom stereocenters. The Kier molecular flexibility index (Phi) is 6.95. The van der Waals surface area contributed by atoms with Crippen LogP contribution in [0, 0.1) is 6.92 Å². The molecule has 27 heavy (non-hydrogen) atoms. The van der Waals surface area contributed by atoms with Crippen LogP contribution in [-0.2, 0) is 20.7 Å². The first-order chi connectivity index (χ1) is 12.9. The number of ether oxygens (including phenoxy) is 3. The van der Waals surface area contributed by atoms with E-state index in [1.165, 1.54) is 7.11 Å². The molecule has 2 rings (SSSR count). The lowest BCUT2D eigenvalue weighted by Crippen LogP contribution is -2.16. The van der Waals surface area contributed by atoms with Gasteiger partial charge in [-0.2, -0.15) is 0 Å². The number of carbonyl (C=O) groups is 3. The summed E-state index contributed by atoms with van der Waals surface area (Å²) < 4.78 is 14.9. The predicted molar refractivity (Wildman–Crippen MR) is 102 cm³/mol. The van der Waals surface area contributed by atoms with Gasteiger partial charge in [0, 0.05) is 0 Å². The van der Waals surface area contributed by atoms with Gasteiger partial charge in [0.15, 0.2) is 0 Å². The summed E-state index contributed by atoms with van der Waals surface area (Å²) in [4.78, 5) is 36.9. The number of thiophene rings is 1. The van der Waals surface area contributed by atoms with Crippen LogP contribution in [0.25, 0.3) is 0 Å². The van der Waals surface area contributed by atoms with Gasteiger partial charge in [-0.05, 0) is 37.1 Å². The SMILES string of the molecule is CCOC(=O)c1c(NC(=O)Cc2ccc(OC)cc2)sc(C(=O)OC)c1C. The molecule has 2 aromatic rings. The minimum atomic E-state index is -0.596. The molecule has 1 aromatic heterocycles. The van der Waals surface area contributed by atoms with E-state index < -0.39 is 11.9 Å². The van der Waals surface area contributed by atoms with E-state index in [0.717, 1.165) is 16.9 Å². The summed E-state index contributed by atoms with van der Waals surface area (Å²) in [6.45, 7) is 3.48. The zero-order valence-electron chi connectivity index (χ0n) is 15.6. The number of hydrogen-bond donors (Lipinski definition) is 1. The molecule has 0 saturated heterocycles. The van der Waals surface area contributed by atoms with Crippen LogP contribution in [0.3, 0.4) is 0 Å². The molecular weight excluding hydrogens is 370 g/mol. The van der Waals surface area contributed by atoms with Crippen molar-refractivity contribution >= 4 is 34.2 Å². The third kappa shape index (κ3) is 4.85. The summed E-state index contributed by atoms with van der Waals surface area (Å²) in [5.74, 6) is -0.788. The molecule has 0 saturated carbocycles. The summed E-state index contributed by atoms with van der Waals surface area (Å²) in [5, 5.41) is 2.98. The van der Waals surface area contributed by atoms with Crippen LogP contribution in [0.15, 0.2) is 24.3 Å². The normalized spacial score (nSPS) is 10.2. The number of anilines is 1. The molecule has 0 aliphatic heterocycles. The zero-order chi connectivity index (χ0) is 20.0. The van der Waals surface area contributed by atoms with E-state index in [4.69, 9.17) is 14.2 Å². The van der Waals surface area contributed by atoms with E-state index in [9.17, 15) is 14.4 Å². The summed E-state index contributed by atoms with van der Waals surface area (Å²) in [6, 6.07) is 7.09. The van der Waals surface area contributed by atoms with Crippen molar-refractivity contribution < 1.29 is 28.6 Å². The zero-order valence-corrected chi connectivity index (χ0v) is 16.4. The van der Waals surface area contributed by atoms with E-state index in [1.807, 2.05) is 0 Å². The monoisotopic (exact) mass is 391 g/mol. The van der Waals surface area contributed by atoms with Gasteiger partial charge in [0.25, 0.3) is 0 Å². The van der Waals surface area contributed by atoms with E-state index in [-0.39, 0.29) is 34.4 Å². The molecule has 0 aliphatic rings. The number of nitrogens with one attached hydrogen (secondary N) is 1. The topological polar surface area (TPSA) is 90.9 Å². The summed E-state index contributed by atoms with van der Waals surface area (Å²) >= 11 is 0.991. The van der Waals surface area contributed by atoms with Gasteiger partial charge >= 0.3 is 11.9 Å². The maximum atomic E-state index is 12.4. The van der Waals surface area contributed by atoms with Crippen LogP contribution in [0.2, 0.25) is 0 Å². The molecule has 0 unspecified atom stereocenters. The molecule has 144 valence electrons. The van der Waals surface area contributed by atoms with Crippen LogP contribution in [0.1, 0.15) is 38.1 Å². The number of hydrogen-bond acceptors (Lipinski definition) is 7. The lowest BCUT2D eigenvalue weighted by molar-refractivity contribution is -0.115. The Labute approximate surface area is 161 Å². The third-order valence-corrected chi connectivity index (χ3v) is 4.96. The highest BCUT2D eigenvalue weighted by molar-refractivity contribution is 7.18. The molecule has 1 aromatic carbocycles. The average Bonchev–Trinajstić information content (AvgIpc) is 2.97. The highest BCUT2D eigenvalue weighted by atomic mass is 32.1. The molecule has 1 amide bonds. The van der Waals surface area contributed by atoms with E-state index in [2.05, 4.69) is 5.32 Å². The van der Waals surface area contributed by atoms with E-state index in [0.29, 0.717) is 11.3 Å². The summed E-state index contributed by atoms with van der Waals surface area (Å²) in [6.07, 6.45) is 0.108. The van der Waals surface area contributed by atoms with Crippen molar-refractivity contribution in [1.82, 2.24) is 0 Å². The molecule has 7 nitrogen and oxygen atoms in total. The minimum Gasteiger partial charge on any atom is -0.497 e. The van der Waals surface area contributed by atoms with Gasteiger partial charge in [-0.1, -0.05) is 12.1 Å². The van der Waals surface area contributed by atoms with Crippen molar-refractivity contribution in [3.05, 3.63) is 45.8 Å². The van der Waals surface area contributed by atoms with E-state index in [1.54, 1.807) is 45.2 Å². The summed E-state index contributed by atoms with van der Waals surface area (Å²) in [5.41, 5.74) is 1.38. The summed E-state index contributed by atoms with van der Waals surface area (Å²) in [7, 11) is 2.82. The van der Waals surface area contributed by atoms with Crippen molar-refractivity contribution in [1.29, 1.82) is 0 Å². The first-order valence-corrected chi connectivity index (χ1v) is 9.04. The van der Waals surface area contributed by atoms with Gasteiger partial charge in [0.1, 0.15) is 15.6 Å². The highest BCUT2D eigenvalue weighted by Crippen LogP contribution is 2.34. The molecule has 0 spiro atoms. The lowest BCUT2D eigenvalue weighted by Gasteiger charge is -2.07. The maximum Gasteiger partial charge on any atom is 0.348 e. The number of amides is 1. The smallest absolute Gasteiger partial charge is 0.348 e. The van der Waals surface area contributed by atoms with Crippen LogP contribution in [0.5, 0.6) is 5.75 Å². The second kappa shape index (κ2) is 9.18. The number of benzene rings is 1. The Morgan fingerprint density at radius 3 is 2.30 bits per heavy atom. The average molecular weight is 391 g/mol. The number of methoxy groups -OCH3 is 2. The molecule has 1 N–H and O–H groups in total. The van der Waals surface area contributed by atoms with Crippen LogP contribution < -0.4 is 10.1 Å². The van der Waals surface area contributed by atoms with Crippen LogP contribution in [-0.4, -0.2) is 38.7 Å². The second-order valence-electron chi connectivity index (χ2n) is 5.55. The van der Waals surface area contributed by atoms with Crippen LogP contribution in [0.4, 0.5) is 5.00 Å². The van der Waals surface area contributed by atoms with E-state index >= 15 is 0 Å². The van der Waals surface area contributed by atoms with Crippen molar-refractivity contribution in [3.63, 3.8) is 0 Å². The number of carbonyl (C=O) groups excluding carboxylic acids is 3. The highest BCUT2D eigenvalue weighted by Gasteiger charge is 2.27. The molecule has 0 radical (unpaired) electrons. The number of esters is 2. The standard InChI is InChI=1S/C19H21NO6S/c1-5-26-18(22)15-11(2)16(19(23)25-4)27-17(15)20-14(21)10-12-6-8-13(24-3)9-7-12/h6-9H,5,10H2,1-4H3,(H,20,21). The fourth-order valence-electron chi connectivity index (χ4n) is 2.44. The number of rotatable bonds is 7. The Bertz CT molecular complexity index is 841. The second-order valence-corrected chi connectivity index (χ2v) is 6.57. The van der Waals surface area contributed by atoms with Gasteiger partial charge in [-0.3, -0.25) is 4.79 Å². The molecule has 8 heteroatoms. The van der Waals surface area contributed by atoms with Crippen molar-refractivity contribution in [3.8, 4) is 5.75 Å². The molecule has 0 fully saturated rings. The Balaban J connectivity index is 2.25. The first-order valence-electron chi connectivity index (χ1n) is 8.22.